The molecular formula is C30H40N4O2. The summed E-state index contributed by atoms with van der Waals surface area (Å²) in [7, 11) is 0. The van der Waals surface area contributed by atoms with Gasteiger partial charge in [0, 0.05) is 47.7 Å². The van der Waals surface area contributed by atoms with Crippen molar-refractivity contribution >= 4 is 16.6 Å². The van der Waals surface area contributed by atoms with E-state index in [4.69, 9.17) is 0 Å². The monoisotopic (exact) mass is 488 g/mol. The minimum Gasteiger partial charge on any atom is -0.347 e. The number of aromatic nitrogens is 1. The van der Waals surface area contributed by atoms with Crippen LogP contribution in [0.1, 0.15) is 74.0 Å². The van der Waals surface area contributed by atoms with Gasteiger partial charge in [0.15, 0.2) is 0 Å². The van der Waals surface area contributed by atoms with Crippen molar-refractivity contribution in [2.75, 3.05) is 19.6 Å². The molecule has 0 amide bonds. The van der Waals surface area contributed by atoms with Crippen LogP contribution in [0.4, 0.5) is 5.69 Å². The molecule has 0 radical (unpaired) electrons. The highest BCUT2D eigenvalue weighted by Gasteiger charge is 2.24. The first-order valence-corrected chi connectivity index (χ1v) is 13.9. The van der Waals surface area contributed by atoms with Crippen molar-refractivity contribution in [2.45, 2.75) is 76.8 Å². The number of piperidine rings is 1. The number of nitro benzene ring substituents is 1. The Bertz CT molecular complexity index is 1170. The van der Waals surface area contributed by atoms with Crippen LogP contribution >= 0.6 is 0 Å². The Kier molecular flexibility index (Phi) is 8.02. The molecule has 192 valence electrons. The van der Waals surface area contributed by atoms with E-state index >= 15 is 0 Å². The summed E-state index contributed by atoms with van der Waals surface area (Å²) in [5, 5.41) is 20.0. The molecule has 1 unspecified atom stereocenters. The van der Waals surface area contributed by atoms with E-state index < -0.39 is 0 Å². The van der Waals surface area contributed by atoms with E-state index in [1.807, 2.05) is 12.1 Å². The molecule has 1 aliphatic carbocycles. The SMILES string of the molecule is Cc1cccc(C(CCNC2CCNCC2)c2cn(CC3CCCCC3)c3ccc([N+](=O)[O-])cc23)c1. The molecule has 1 saturated heterocycles. The fourth-order valence-electron chi connectivity index (χ4n) is 6.35. The first kappa shape index (κ1) is 25.0. The summed E-state index contributed by atoms with van der Waals surface area (Å²) >= 11 is 0. The normalized spacial score (nSPS) is 18.5. The Morgan fingerprint density at radius 3 is 2.64 bits per heavy atom. The first-order valence-electron chi connectivity index (χ1n) is 13.9. The average Bonchev–Trinajstić information content (AvgIpc) is 3.25. The number of benzene rings is 2. The highest BCUT2D eigenvalue weighted by molar-refractivity contribution is 5.87. The summed E-state index contributed by atoms with van der Waals surface area (Å²) in [6, 6.07) is 14.8. The second-order valence-corrected chi connectivity index (χ2v) is 10.9. The van der Waals surface area contributed by atoms with Crippen LogP contribution in [-0.2, 0) is 6.54 Å². The number of nitrogens with one attached hydrogen (secondary N) is 2. The van der Waals surface area contributed by atoms with E-state index in [1.54, 1.807) is 6.07 Å². The lowest BCUT2D eigenvalue weighted by atomic mass is 9.87. The van der Waals surface area contributed by atoms with E-state index in [0.29, 0.717) is 12.0 Å². The van der Waals surface area contributed by atoms with Crippen molar-refractivity contribution in [3.63, 3.8) is 0 Å². The summed E-state index contributed by atoms with van der Waals surface area (Å²) in [6.07, 6.45) is 12.2. The van der Waals surface area contributed by atoms with Crippen LogP contribution in [0, 0.1) is 23.0 Å². The number of rotatable bonds is 9. The highest BCUT2D eigenvalue weighted by Crippen LogP contribution is 2.37. The van der Waals surface area contributed by atoms with Crippen LogP contribution in [-0.4, -0.2) is 35.2 Å². The molecule has 1 atom stereocenters. The highest BCUT2D eigenvalue weighted by atomic mass is 16.6. The summed E-state index contributed by atoms with van der Waals surface area (Å²) < 4.78 is 2.40. The molecule has 36 heavy (non-hydrogen) atoms. The molecule has 5 rings (SSSR count). The molecule has 0 bridgehead atoms. The van der Waals surface area contributed by atoms with Gasteiger partial charge >= 0.3 is 0 Å². The maximum atomic E-state index is 11.7. The van der Waals surface area contributed by atoms with E-state index in [1.165, 1.54) is 61.6 Å². The van der Waals surface area contributed by atoms with Crippen molar-refractivity contribution in [3.8, 4) is 0 Å². The maximum Gasteiger partial charge on any atom is 0.270 e. The summed E-state index contributed by atoms with van der Waals surface area (Å²) in [5.41, 5.74) is 5.08. The Balaban J connectivity index is 1.51. The predicted molar refractivity (Wildman–Crippen MR) is 147 cm³/mol. The predicted octanol–water partition coefficient (Wildman–Crippen LogP) is 6.30. The standard InChI is InChI=1S/C30H40N4O2/c1-22-6-5-9-24(18-22)27(14-17-32-25-12-15-31-16-13-25)29-21-33(20-23-7-3-2-4-8-23)30-11-10-26(34(35)36)19-28(29)30/h5-6,9-11,18-19,21,23,25,27,31-32H,2-4,7-8,12-17,20H2,1H3. The van der Waals surface area contributed by atoms with Gasteiger partial charge in [0.1, 0.15) is 0 Å². The van der Waals surface area contributed by atoms with Crippen LogP contribution in [0.5, 0.6) is 0 Å². The lowest BCUT2D eigenvalue weighted by molar-refractivity contribution is -0.384. The second kappa shape index (κ2) is 11.6. The number of nitrogens with zero attached hydrogens (tertiary/aromatic N) is 2. The third-order valence-electron chi connectivity index (χ3n) is 8.31. The Morgan fingerprint density at radius 1 is 1.08 bits per heavy atom. The Hall–Kier alpha value is -2.70. The lowest BCUT2D eigenvalue weighted by Gasteiger charge is -2.25. The first-order chi connectivity index (χ1) is 17.6. The van der Waals surface area contributed by atoms with Crippen LogP contribution in [0.3, 0.4) is 0 Å². The summed E-state index contributed by atoms with van der Waals surface area (Å²) in [6.45, 7) is 6.25. The minimum atomic E-state index is -0.262. The largest absolute Gasteiger partial charge is 0.347 e. The topological polar surface area (TPSA) is 72.1 Å². The van der Waals surface area contributed by atoms with Gasteiger partial charge in [-0.2, -0.15) is 0 Å². The van der Waals surface area contributed by atoms with E-state index in [0.717, 1.165) is 43.5 Å². The number of hydrogen-bond donors (Lipinski definition) is 2. The molecule has 6 heteroatoms. The molecular weight excluding hydrogens is 448 g/mol. The van der Waals surface area contributed by atoms with Gasteiger partial charge in [-0.3, -0.25) is 10.1 Å². The number of nitro groups is 1. The smallest absolute Gasteiger partial charge is 0.270 e. The van der Waals surface area contributed by atoms with Gasteiger partial charge in [-0.25, -0.2) is 0 Å². The summed E-state index contributed by atoms with van der Waals surface area (Å²) in [4.78, 5) is 11.4. The maximum absolute atomic E-state index is 11.7. The Labute approximate surface area is 214 Å². The quantitative estimate of drug-likeness (QED) is 0.274. The van der Waals surface area contributed by atoms with Crippen LogP contribution in [0.15, 0.2) is 48.7 Å². The van der Waals surface area contributed by atoms with Crippen molar-refractivity contribution in [2.24, 2.45) is 5.92 Å². The fourth-order valence-corrected chi connectivity index (χ4v) is 6.35. The molecule has 2 fully saturated rings. The third kappa shape index (κ3) is 5.81. The molecule has 2 N–H and O–H groups in total. The molecule has 2 aromatic carbocycles. The van der Waals surface area contributed by atoms with Gasteiger partial charge in [0.25, 0.3) is 5.69 Å². The molecule has 2 heterocycles. The fraction of sp³-hybridized carbons (Fsp3) is 0.533. The van der Waals surface area contributed by atoms with Gasteiger partial charge in [0.2, 0.25) is 0 Å². The zero-order valence-corrected chi connectivity index (χ0v) is 21.5. The van der Waals surface area contributed by atoms with Gasteiger partial charge in [-0.1, -0.05) is 49.1 Å². The lowest BCUT2D eigenvalue weighted by Crippen LogP contribution is -2.40. The number of fused-ring (bicyclic) bond motifs is 1. The average molecular weight is 489 g/mol. The number of aryl methyl sites for hydroxylation is 1. The van der Waals surface area contributed by atoms with Crippen molar-refractivity contribution < 1.29 is 4.92 Å². The zero-order chi connectivity index (χ0) is 24.9. The van der Waals surface area contributed by atoms with Crippen molar-refractivity contribution in [1.29, 1.82) is 0 Å². The molecule has 1 aliphatic heterocycles. The number of hydrogen-bond acceptors (Lipinski definition) is 4. The molecule has 1 aromatic heterocycles. The zero-order valence-electron chi connectivity index (χ0n) is 21.5. The van der Waals surface area contributed by atoms with Gasteiger partial charge in [-0.15, -0.1) is 0 Å². The third-order valence-corrected chi connectivity index (χ3v) is 8.31. The van der Waals surface area contributed by atoms with Crippen LogP contribution < -0.4 is 10.6 Å². The van der Waals surface area contributed by atoms with Gasteiger partial charge < -0.3 is 15.2 Å². The molecule has 3 aromatic rings. The van der Waals surface area contributed by atoms with Crippen LogP contribution in [0.2, 0.25) is 0 Å². The summed E-state index contributed by atoms with van der Waals surface area (Å²) in [5.74, 6) is 0.882. The molecule has 1 saturated carbocycles. The molecule has 6 nitrogen and oxygen atoms in total. The minimum absolute atomic E-state index is 0.176. The van der Waals surface area contributed by atoms with E-state index in [2.05, 4.69) is 52.6 Å². The molecule has 0 spiro atoms. The molecule has 2 aliphatic rings. The Morgan fingerprint density at radius 2 is 1.89 bits per heavy atom. The van der Waals surface area contributed by atoms with Crippen molar-refractivity contribution in [1.82, 2.24) is 15.2 Å². The van der Waals surface area contributed by atoms with Gasteiger partial charge in [-0.05, 0) is 81.8 Å². The van der Waals surface area contributed by atoms with Gasteiger partial charge in [0.05, 0.1) is 4.92 Å². The van der Waals surface area contributed by atoms with E-state index in [-0.39, 0.29) is 16.5 Å². The second-order valence-electron chi connectivity index (χ2n) is 10.9. The number of non-ortho nitro benzene ring substituents is 1. The van der Waals surface area contributed by atoms with Crippen LogP contribution in [0.25, 0.3) is 10.9 Å². The van der Waals surface area contributed by atoms with Crippen molar-refractivity contribution in [3.05, 3.63) is 75.5 Å². The van der Waals surface area contributed by atoms with E-state index in [9.17, 15) is 10.1 Å².